The number of allylic oxidation sites excluding steroid dienone is 15. The minimum Gasteiger partial charge on any atom is -0.462 e. The Morgan fingerprint density at radius 2 is 0.737 bits per heavy atom. The number of hydrogen-bond acceptors (Lipinski definition) is 10. The average Bonchev–Trinajstić information content (AvgIpc) is 3.41. The van der Waals surface area contributed by atoms with Crippen LogP contribution in [-0.2, 0) is 42.2 Å². The Morgan fingerprint density at radius 1 is 0.395 bits per heavy atom. The number of esters is 3. The predicted octanol–water partition coefficient (Wildman–Crippen LogP) is 18.0. The Bertz CT molecular complexity index is 1640. The molecule has 0 bridgehead atoms. The summed E-state index contributed by atoms with van der Waals surface area (Å²) < 4.78 is 39.5. The van der Waals surface area contributed by atoms with Crippen LogP contribution >= 0.6 is 7.82 Å². The minimum absolute atomic E-state index is 0.0588. The molecule has 3 atom stereocenters. The summed E-state index contributed by atoms with van der Waals surface area (Å²) in [7, 11) is -4.78. The maximum absolute atomic E-state index is 12.9. The molecule has 0 aliphatic rings. The molecule has 0 aromatic heterocycles. The summed E-state index contributed by atoms with van der Waals surface area (Å²) >= 11 is 0. The first-order valence-electron chi connectivity index (χ1n) is 30.1. The molecule has 11 nitrogen and oxygen atoms in total. The van der Waals surface area contributed by atoms with E-state index in [-0.39, 0.29) is 25.9 Å². The van der Waals surface area contributed by atoms with Crippen LogP contribution in [-0.4, -0.2) is 66.5 Å². The van der Waals surface area contributed by atoms with E-state index < -0.39 is 57.8 Å². The fourth-order valence-electron chi connectivity index (χ4n) is 7.93. The third kappa shape index (κ3) is 55.2. The molecule has 0 aliphatic heterocycles. The van der Waals surface area contributed by atoms with E-state index in [0.29, 0.717) is 19.3 Å². The van der Waals surface area contributed by atoms with E-state index in [4.69, 9.17) is 23.3 Å². The molecule has 0 heterocycles. The maximum atomic E-state index is 12.9. The lowest BCUT2D eigenvalue weighted by Crippen LogP contribution is -2.30. The van der Waals surface area contributed by atoms with Gasteiger partial charge in [-0.1, -0.05) is 227 Å². The van der Waals surface area contributed by atoms with Crippen molar-refractivity contribution in [1.82, 2.24) is 0 Å². The summed E-state index contributed by atoms with van der Waals surface area (Å²) in [6.45, 7) is 4.39. The number of phosphoric acid groups is 1. The van der Waals surface area contributed by atoms with E-state index >= 15 is 0 Å². The van der Waals surface area contributed by atoms with Crippen molar-refractivity contribution >= 4 is 25.7 Å². The topological polar surface area (TPSA) is 155 Å². The van der Waals surface area contributed by atoms with Gasteiger partial charge in [0.2, 0.25) is 0 Å². The van der Waals surface area contributed by atoms with Gasteiger partial charge in [-0.3, -0.25) is 23.4 Å². The quantitative estimate of drug-likeness (QED) is 0.0197. The molecule has 76 heavy (non-hydrogen) atoms. The van der Waals surface area contributed by atoms with Crippen LogP contribution in [0, 0.1) is 0 Å². The number of unbranched alkanes of at least 4 members (excludes halogenated alkanes) is 23. The number of carbonyl (C=O) groups is 3. The molecule has 0 aromatic carbocycles. The Kier molecular flexibility index (Phi) is 54.8. The van der Waals surface area contributed by atoms with Gasteiger partial charge in [0.15, 0.2) is 6.10 Å². The second-order valence-corrected chi connectivity index (χ2v) is 21.2. The first kappa shape index (κ1) is 72.4. The monoisotopic (exact) mass is 1080 g/mol. The van der Waals surface area contributed by atoms with E-state index in [1.165, 1.54) is 103 Å². The Hall–Kier alpha value is -3.60. The third-order valence-electron chi connectivity index (χ3n) is 12.5. The van der Waals surface area contributed by atoms with Gasteiger partial charge in [0.25, 0.3) is 0 Å². The zero-order valence-corrected chi connectivity index (χ0v) is 49.1. The standard InChI is InChI=1S/C64H109O11P/c1-4-7-10-13-16-19-22-25-28-30-33-35-38-41-44-47-50-53-62(66)71-57-61(75-64(68)55-52-49-46-43-40-37-34-31-29-26-23-20-17-14-11-8-5-2)59-73-76(69,70)72-58-60(56-65)74-63(67)54-51-48-45-42-39-36-32-27-24-21-18-15-12-9-6-3/h9,12,17-18,20-21,25-29,32,39,42,48,51,60-61,65H,4-8,10-11,13-16,19,22-24,30-31,33-38,40-41,43-47,49-50,52-59H2,1-3H3,(H,69,70)/b12-9-,20-17-,21-18-,28-25-,29-26-,32-27-,42-39-,51-48-. The van der Waals surface area contributed by atoms with Gasteiger partial charge >= 0.3 is 25.7 Å². The minimum atomic E-state index is -4.78. The molecule has 0 rings (SSSR count). The van der Waals surface area contributed by atoms with Crippen LogP contribution in [0.1, 0.15) is 252 Å². The molecule has 0 radical (unpaired) electrons. The van der Waals surface area contributed by atoms with Crippen LogP contribution in [0.5, 0.6) is 0 Å². The van der Waals surface area contributed by atoms with E-state index in [2.05, 4.69) is 93.7 Å². The van der Waals surface area contributed by atoms with E-state index in [1.807, 2.05) is 18.2 Å². The van der Waals surface area contributed by atoms with Gasteiger partial charge in [0.05, 0.1) is 26.2 Å². The first-order chi connectivity index (χ1) is 37.2. The van der Waals surface area contributed by atoms with Crippen molar-refractivity contribution in [2.45, 2.75) is 264 Å². The number of phosphoric ester groups is 1. The molecule has 0 fully saturated rings. The summed E-state index contributed by atoms with van der Waals surface area (Å²) in [6.07, 6.45) is 68.2. The van der Waals surface area contributed by atoms with Crippen molar-refractivity contribution in [3.63, 3.8) is 0 Å². The fraction of sp³-hybridized carbons (Fsp3) is 0.703. The number of hydrogen-bond donors (Lipinski definition) is 2. The summed E-state index contributed by atoms with van der Waals surface area (Å²) in [5.41, 5.74) is 0. The van der Waals surface area contributed by atoms with E-state index in [1.54, 1.807) is 6.08 Å². The molecule has 0 saturated carbocycles. The lowest BCUT2D eigenvalue weighted by Gasteiger charge is -2.21. The maximum Gasteiger partial charge on any atom is 0.472 e. The third-order valence-corrected chi connectivity index (χ3v) is 13.4. The van der Waals surface area contributed by atoms with Crippen molar-refractivity contribution in [3.8, 4) is 0 Å². The smallest absolute Gasteiger partial charge is 0.462 e. The number of aliphatic hydroxyl groups excluding tert-OH is 1. The highest BCUT2D eigenvalue weighted by Crippen LogP contribution is 2.43. The van der Waals surface area contributed by atoms with Crippen molar-refractivity contribution in [1.29, 1.82) is 0 Å². The van der Waals surface area contributed by atoms with Crippen molar-refractivity contribution in [3.05, 3.63) is 97.2 Å². The normalized spacial score (nSPS) is 14.0. The molecule has 2 N–H and O–H groups in total. The first-order valence-corrected chi connectivity index (χ1v) is 31.6. The van der Waals surface area contributed by atoms with Crippen molar-refractivity contribution in [2.75, 3.05) is 26.4 Å². The number of carbonyl (C=O) groups excluding carboxylic acids is 3. The van der Waals surface area contributed by atoms with E-state index in [0.717, 1.165) is 89.9 Å². The van der Waals surface area contributed by atoms with Crippen molar-refractivity contribution in [2.24, 2.45) is 0 Å². The average molecular weight is 1090 g/mol. The molecular weight excluding hydrogens is 976 g/mol. The largest absolute Gasteiger partial charge is 0.472 e. The van der Waals surface area contributed by atoms with Gasteiger partial charge in [-0.2, -0.15) is 0 Å². The molecule has 0 saturated heterocycles. The summed E-state index contributed by atoms with van der Waals surface area (Å²) in [5.74, 6) is -1.62. The zero-order valence-electron chi connectivity index (χ0n) is 48.2. The molecule has 3 unspecified atom stereocenters. The fourth-order valence-corrected chi connectivity index (χ4v) is 8.71. The Morgan fingerprint density at radius 3 is 1.20 bits per heavy atom. The molecular formula is C64H109O11P. The lowest BCUT2D eigenvalue weighted by atomic mass is 10.1. The van der Waals surface area contributed by atoms with Gasteiger partial charge in [-0.25, -0.2) is 4.57 Å². The number of rotatable bonds is 55. The van der Waals surface area contributed by atoms with Gasteiger partial charge in [-0.15, -0.1) is 0 Å². The van der Waals surface area contributed by atoms with Crippen LogP contribution in [0.3, 0.4) is 0 Å². The van der Waals surface area contributed by atoms with Crippen LogP contribution in [0.25, 0.3) is 0 Å². The molecule has 0 amide bonds. The van der Waals surface area contributed by atoms with Gasteiger partial charge in [-0.05, 0) is 103 Å². The van der Waals surface area contributed by atoms with Crippen LogP contribution in [0.2, 0.25) is 0 Å². The highest BCUT2D eigenvalue weighted by Gasteiger charge is 2.28. The summed E-state index contributed by atoms with van der Waals surface area (Å²) in [4.78, 5) is 48.6. The van der Waals surface area contributed by atoms with Gasteiger partial charge in [0.1, 0.15) is 12.7 Å². The van der Waals surface area contributed by atoms with Crippen LogP contribution in [0.4, 0.5) is 0 Å². The lowest BCUT2D eigenvalue weighted by molar-refractivity contribution is -0.161. The van der Waals surface area contributed by atoms with Gasteiger partial charge in [0, 0.05) is 12.8 Å². The highest BCUT2D eigenvalue weighted by atomic mass is 31.2. The second kappa shape index (κ2) is 57.6. The predicted molar refractivity (Wildman–Crippen MR) is 316 cm³/mol. The van der Waals surface area contributed by atoms with E-state index in [9.17, 15) is 28.9 Å². The number of aliphatic hydroxyl groups is 1. The Labute approximate surface area is 463 Å². The molecule has 0 spiro atoms. The Balaban J connectivity index is 4.82. The molecule has 12 heteroatoms. The SMILES string of the molecule is CC/C=C\C/C=C\C/C=C\C/C=C\C/C=C\CC(=O)OC(CO)COP(=O)(O)OCC(COC(=O)CCCCCCCCC/C=C\CCCCCCCC)OC(=O)CCCCCCCCC/C=C\C/C=C\CCCCC. The summed E-state index contributed by atoms with van der Waals surface area (Å²) in [5, 5.41) is 9.80. The molecule has 0 aromatic rings. The highest BCUT2D eigenvalue weighted by molar-refractivity contribution is 7.47. The van der Waals surface area contributed by atoms with Crippen LogP contribution < -0.4 is 0 Å². The molecule has 436 valence electrons. The van der Waals surface area contributed by atoms with Gasteiger partial charge < -0.3 is 24.2 Å². The number of ether oxygens (including phenoxy) is 3. The summed E-state index contributed by atoms with van der Waals surface area (Å²) in [6, 6.07) is 0. The van der Waals surface area contributed by atoms with Crippen molar-refractivity contribution < 1.29 is 52.2 Å². The second-order valence-electron chi connectivity index (χ2n) is 19.8. The van der Waals surface area contributed by atoms with Crippen LogP contribution in [0.15, 0.2) is 97.2 Å². The zero-order chi connectivity index (χ0) is 55.5. The molecule has 0 aliphatic carbocycles.